The Labute approximate surface area is 143 Å². The van der Waals surface area contributed by atoms with Gasteiger partial charge in [0.2, 0.25) is 0 Å². The Balaban J connectivity index is 2.18. The van der Waals surface area contributed by atoms with Crippen LogP contribution >= 0.6 is 11.6 Å². The van der Waals surface area contributed by atoms with Gasteiger partial charge < -0.3 is 21.0 Å². The highest BCUT2D eigenvalue weighted by Crippen LogP contribution is 2.27. The van der Waals surface area contributed by atoms with Crippen LogP contribution in [0.15, 0.2) is 47.6 Å². The molecule has 0 bridgehead atoms. The van der Waals surface area contributed by atoms with E-state index < -0.39 is 5.97 Å². The fraction of sp³-hybridized carbons (Fsp3) is 0.0625. The third-order valence-electron chi connectivity index (χ3n) is 3.10. The van der Waals surface area contributed by atoms with Gasteiger partial charge in [-0.2, -0.15) is 0 Å². The fourth-order valence-corrected chi connectivity index (χ4v) is 2.02. The number of ether oxygens (including phenoxy) is 1. The maximum Gasteiger partial charge on any atom is 0.343 e. The summed E-state index contributed by atoms with van der Waals surface area (Å²) in [6.07, 6.45) is 0. The number of hydrogen-bond donors (Lipinski definition) is 4. The van der Waals surface area contributed by atoms with E-state index in [2.05, 4.69) is 10.5 Å². The molecule has 0 radical (unpaired) electrons. The molecule has 24 heavy (non-hydrogen) atoms. The molecule has 2 aromatic rings. The summed E-state index contributed by atoms with van der Waals surface area (Å²) >= 11 is 6.03. The molecule has 0 aromatic heterocycles. The molecule has 124 valence electrons. The molecule has 0 aliphatic heterocycles. The number of esters is 1. The molecule has 0 aliphatic carbocycles. The molecule has 7 nitrogen and oxygen atoms in total. The van der Waals surface area contributed by atoms with Crippen molar-refractivity contribution in [3.63, 3.8) is 0 Å². The third-order valence-corrected chi connectivity index (χ3v) is 3.41. The number of oxime groups is 1. The highest BCUT2D eigenvalue weighted by Gasteiger charge is 2.13. The zero-order valence-corrected chi connectivity index (χ0v) is 13.5. The van der Waals surface area contributed by atoms with Crippen LogP contribution in [-0.2, 0) is 0 Å². The highest BCUT2D eigenvalue weighted by molar-refractivity contribution is 6.32. The number of benzene rings is 2. The van der Waals surface area contributed by atoms with Gasteiger partial charge in [-0.15, -0.1) is 0 Å². The fourth-order valence-electron chi connectivity index (χ4n) is 1.87. The summed E-state index contributed by atoms with van der Waals surface area (Å²) in [7, 11) is 0. The zero-order chi connectivity index (χ0) is 17.7. The van der Waals surface area contributed by atoms with Crippen LogP contribution in [0.5, 0.6) is 5.75 Å². The number of nitrogens with one attached hydrogen (secondary N) is 2. The lowest BCUT2D eigenvalue weighted by Gasteiger charge is -2.09. The van der Waals surface area contributed by atoms with Crippen LogP contribution in [0, 0.1) is 5.41 Å². The van der Waals surface area contributed by atoms with Gasteiger partial charge in [0.1, 0.15) is 5.75 Å². The lowest BCUT2D eigenvalue weighted by Crippen LogP contribution is -2.20. The number of nitrogens with zero attached hydrogens (tertiary/aromatic N) is 1. The summed E-state index contributed by atoms with van der Waals surface area (Å²) in [5, 5.41) is 21.9. The van der Waals surface area contributed by atoms with Gasteiger partial charge >= 0.3 is 5.97 Å². The van der Waals surface area contributed by atoms with E-state index in [1.165, 1.54) is 18.2 Å². The number of carbonyl (C=O) groups is 1. The van der Waals surface area contributed by atoms with Crippen molar-refractivity contribution in [2.45, 2.75) is 6.92 Å². The van der Waals surface area contributed by atoms with Crippen LogP contribution in [-0.4, -0.2) is 22.8 Å². The van der Waals surface area contributed by atoms with E-state index in [4.69, 9.17) is 32.7 Å². The van der Waals surface area contributed by atoms with Gasteiger partial charge in [-0.05, 0) is 43.3 Å². The van der Waals surface area contributed by atoms with Crippen LogP contribution in [0.2, 0.25) is 5.02 Å². The summed E-state index contributed by atoms with van der Waals surface area (Å²) in [6, 6.07) is 11.0. The Hall–Kier alpha value is -3.06. The van der Waals surface area contributed by atoms with Crippen molar-refractivity contribution in [3.05, 3.63) is 58.6 Å². The minimum absolute atomic E-state index is 0.160. The number of rotatable bonds is 4. The van der Waals surface area contributed by atoms with Crippen LogP contribution in [0.1, 0.15) is 22.8 Å². The first-order chi connectivity index (χ1) is 11.4. The van der Waals surface area contributed by atoms with Crippen LogP contribution in [0.4, 0.5) is 5.69 Å². The second kappa shape index (κ2) is 7.47. The van der Waals surface area contributed by atoms with Gasteiger partial charge in [0.25, 0.3) is 0 Å². The average Bonchev–Trinajstić information content (AvgIpc) is 2.56. The molecule has 0 atom stereocenters. The molecule has 2 rings (SSSR count). The number of anilines is 1. The van der Waals surface area contributed by atoms with E-state index in [0.717, 1.165) is 0 Å². The van der Waals surface area contributed by atoms with Crippen LogP contribution < -0.4 is 15.8 Å². The minimum atomic E-state index is -0.595. The normalized spacial score (nSPS) is 11.0. The Morgan fingerprint density at radius 1 is 1.25 bits per heavy atom. The molecule has 0 fully saturated rings. The molecule has 0 aliphatic rings. The largest absolute Gasteiger partial charge is 0.421 e. The molecule has 0 saturated carbocycles. The van der Waals surface area contributed by atoms with Gasteiger partial charge in [0.15, 0.2) is 5.96 Å². The van der Waals surface area contributed by atoms with E-state index in [9.17, 15) is 4.79 Å². The van der Waals surface area contributed by atoms with Gasteiger partial charge in [-0.1, -0.05) is 22.8 Å². The molecule has 5 N–H and O–H groups in total. The van der Waals surface area contributed by atoms with Gasteiger partial charge in [-0.3, -0.25) is 5.41 Å². The molecule has 0 amide bonds. The smallest absolute Gasteiger partial charge is 0.343 e. The van der Waals surface area contributed by atoms with E-state index >= 15 is 0 Å². The van der Waals surface area contributed by atoms with Crippen molar-refractivity contribution in [3.8, 4) is 5.75 Å². The highest BCUT2D eigenvalue weighted by atomic mass is 35.5. The molecule has 2 aromatic carbocycles. The van der Waals surface area contributed by atoms with Crippen molar-refractivity contribution in [1.82, 2.24) is 0 Å². The summed E-state index contributed by atoms with van der Waals surface area (Å²) in [5.74, 6) is -0.634. The molecular formula is C16H15ClN4O3. The molecule has 0 heterocycles. The van der Waals surface area contributed by atoms with Crippen LogP contribution in [0.3, 0.4) is 0 Å². The molecule has 8 heteroatoms. The SMILES string of the molecule is CC(=NO)c1ccc(Cl)c(OC(=O)c2ccc(NC(=N)N)cc2)c1. The first-order valence-corrected chi connectivity index (χ1v) is 7.20. The molecule has 0 unspecified atom stereocenters. The Morgan fingerprint density at radius 3 is 2.46 bits per heavy atom. The summed E-state index contributed by atoms with van der Waals surface area (Å²) in [5.41, 5.74) is 7.05. The second-order valence-corrected chi connectivity index (χ2v) is 5.24. The van der Waals surface area contributed by atoms with Crippen molar-refractivity contribution >= 4 is 34.9 Å². The molecule has 0 spiro atoms. The van der Waals surface area contributed by atoms with E-state index in [-0.39, 0.29) is 16.7 Å². The first-order valence-electron chi connectivity index (χ1n) is 6.82. The standard InChI is InChI=1S/C16H15ClN4O3/c1-9(21-23)11-4-7-13(17)14(8-11)24-15(22)10-2-5-12(6-3-10)20-16(18)19/h2-8,23H,1H3,(H4,18,19,20). The predicted octanol–water partition coefficient (Wildman–Crippen LogP) is 3.06. The number of halogens is 1. The van der Waals surface area contributed by atoms with Gasteiger partial charge in [0.05, 0.1) is 16.3 Å². The number of guanidine groups is 1. The lowest BCUT2D eigenvalue weighted by atomic mass is 10.1. The predicted molar refractivity (Wildman–Crippen MR) is 92.4 cm³/mol. The topological polar surface area (TPSA) is 121 Å². The molecule has 0 saturated heterocycles. The van der Waals surface area contributed by atoms with Crippen molar-refractivity contribution in [2.75, 3.05) is 5.32 Å². The Bertz CT molecular complexity index is 803. The summed E-state index contributed by atoms with van der Waals surface area (Å²) in [4.78, 5) is 12.2. The number of carbonyl (C=O) groups excluding carboxylic acids is 1. The Morgan fingerprint density at radius 2 is 1.88 bits per heavy atom. The number of nitrogens with two attached hydrogens (primary N) is 1. The third kappa shape index (κ3) is 4.23. The van der Waals surface area contributed by atoms with Crippen LogP contribution in [0.25, 0.3) is 0 Å². The number of hydrogen-bond acceptors (Lipinski definition) is 5. The second-order valence-electron chi connectivity index (χ2n) is 4.84. The maximum absolute atomic E-state index is 12.2. The van der Waals surface area contributed by atoms with E-state index in [1.807, 2.05) is 0 Å². The minimum Gasteiger partial charge on any atom is -0.421 e. The van der Waals surface area contributed by atoms with Gasteiger partial charge in [0, 0.05) is 11.3 Å². The zero-order valence-electron chi connectivity index (χ0n) is 12.7. The van der Waals surface area contributed by atoms with E-state index in [1.54, 1.807) is 31.2 Å². The molecular weight excluding hydrogens is 332 g/mol. The Kier molecular flexibility index (Phi) is 5.39. The van der Waals surface area contributed by atoms with Crippen molar-refractivity contribution in [2.24, 2.45) is 10.9 Å². The van der Waals surface area contributed by atoms with Crippen molar-refractivity contribution < 1.29 is 14.7 Å². The van der Waals surface area contributed by atoms with Crippen molar-refractivity contribution in [1.29, 1.82) is 5.41 Å². The van der Waals surface area contributed by atoms with E-state index in [0.29, 0.717) is 22.5 Å². The monoisotopic (exact) mass is 346 g/mol. The first kappa shape index (κ1) is 17.3. The summed E-state index contributed by atoms with van der Waals surface area (Å²) < 4.78 is 5.29. The maximum atomic E-state index is 12.2. The average molecular weight is 347 g/mol. The lowest BCUT2D eigenvalue weighted by molar-refractivity contribution is 0.0735. The summed E-state index contributed by atoms with van der Waals surface area (Å²) in [6.45, 7) is 1.61. The van der Waals surface area contributed by atoms with Gasteiger partial charge in [-0.25, -0.2) is 4.79 Å². The quantitative estimate of drug-likeness (QED) is 0.169.